The second-order valence-corrected chi connectivity index (χ2v) is 7.95. The number of imidazole rings is 1. The number of fused-ring (bicyclic) bond motifs is 1. The maximum absolute atomic E-state index is 12.7. The molecule has 1 saturated carbocycles. The van der Waals surface area contributed by atoms with E-state index in [-0.39, 0.29) is 0 Å². The Hall–Kier alpha value is -1.66. The van der Waals surface area contributed by atoms with Crippen molar-refractivity contribution in [3.05, 3.63) is 47.5 Å². The number of sulfonamides is 1. The highest BCUT2D eigenvalue weighted by Crippen LogP contribution is 2.45. The van der Waals surface area contributed by atoms with Crippen molar-refractivity contribution in [2.45, 2.75) is 49.0 Å². The molecule has 2 aliphatic carbocycles. The quantitative estimate of drug-likeness (QED) is 0.908. The van der Waals surface area contributed by atoms with E-state index in [9.17, 15) is 8.42 Å². The summed E-state index contributed by atoms with van der Waals surface area (Å²) in [5.74, 6) is 0.703. The van der Waals surface area contributed by atoms with Crippen LogP contribution in [0.25, 0.3) is 0 Å². The highest BCUT2D eigenvalue weighted by Gasteiger charge is 2.49. The first-order valence-corrected chi connectivity index (χ1v) is 9.23. The van der Waals surface area contributed by atoms with Crippen LogP contribution in [0.3, 0.4) is 0 Å². The van der Waals surface area contributed by atoms with Gasteiger partial charge in [0.05, 0.1) is 10.4 Å². The van der Waals surface area contributed by atoms with Gasteiger partial charge in [-0.25, -0.2) is 13.4 Å². The Labute approximate surface area is 130 Å². The standard InChI is InChI=1S/C16H19N3O2S/c20-22(21,19-16(7-8-16)15-17-9-10-18-15)14-6-5-12-3-1-2-4-13(12)11-14/h5-6,9-11,19H,1-4,7-8H2,(H,17,18). The third-order valence-corrected chi connectivity index (χ3v) is 6.20. The van der Waals surface area contributed by atoms with Gasteiger partial charge in [0.25, 0.3) is 0 Å². The molecular weight excluding hydrogens is 298 g/mol. The van der Waals surface area contributed by atoms with E-state index in [1.165, 1.54) is 17.5 Å². The first kappa shape index (κ1) is 14.0. The molecule has 2 aliphatic rings. The summed E-state index contributed by atoms with van der Waals surface area (Å²) in [4.78, 5) is 7.61. The molecular formula is C16H19N3O2S. The van der Waals surface area contributed by atoms with Crippen LogP contribution in [0.2, 0.25) is 0 Å². The number of aryl methyl sites for hydroxylation is 2. The van der Waals surface area contributed by atoms with E-state index in [0.29, 0.717) is 10.7 Å². The van der Waals surface area contributed by atoms with E-state index in [4.69, 9.17) is 0 Å². The van der Waals surface area contributed by atoms with E-state index in [1.54, 1.807) is 18.5 Å². The zero-order valence-electron chi connectivity index (χ0n) is 12.3. The van der Waals surface area contributed by atoms with E-state index < -0.39 is 15.6 Å². The molecule has 1 fully saturated rings. The minimum atomic E-state index is -3.52. The summed E-state index contributed by atoms with van der Waals surface area (Å²) in [5.41, 5.74) is 1.92. The van der Waals surface area contributed by atoms with Gasteiger partial charge in [-0.05, 0) is 61.8 Å². The van der Waals surface area contributed by atoms with Gasteiger partial charge in [0, 0.05) is 12.4 Å². The molecule has 6 heteroatoms. The summed E-state index contributed by atoms with van der Waals surface area (Å²) >= 11 is 0. The van der Waals surface area contributed by atoms with Gasteiger partial charge in [-0.1, -0.05) is 6.07 Å². The molecule has 5 nitrogen and oxygen atoms in total. The average molecular weight is 317 g/mol. The smallest absolute Gasteiger partial charge is 0.241 e. The van der Waals surface area contributed by atoms with Crippen molar-refractivity contribution in [1.29, 1.82) is 0 Å². The topological polar surface area (TPSA) is 74.8 Å². The molecule has 0 atom stereocenters. The molecule has 0 amide bonds. The lowest BCUT2D eigenvalue weighted by molar-refractivity contribution is 0.540. The number of H-pyrrole nitrogens is 1. The number of aromatic nitrogens is 2. The number of nitrogens with one attached hydrogen (secondary N) is 2. The molecule has 0 spiro atoms. The first-order chi connectivity index (χ1) is 10.6. The van der Waals surface area contributed by atoms with Gasteiger partial charge in [-0.15, -0.1) is 0 Å². The molecule has 0 aliphatic heterocycles. The lowest BCUT2D eigenvalue weighted by atomic mass is 9.92. The van der Waals surface area contributed by atoms with Crippen molar-refractivity contribution in [3.63, 3.8) is 0 Å². The minimum absolute atomic E-state index is 0.367. The van der Waals surface area contributed by atoms with Gasteiger partial charge in [-0.2, -0.15) is 4.72 Å². The van der Waals surface area contributed by atoms with Crippen molar-refractivity contribution < 1.29 is 8.42 Å². The Morgan fingerprint density at radius 1 is 1.14 bits per heavy atom. The highest BCUT2D eigenvalue weighted by molar-refractivity contribution is 7.89. The molecule has 0 radical (unpaired) electrons. The first-order valence-electron chi connectivity index (χ1n) is 7.75. The molecule has 0 unspecified atom stereocenters. The van der Waals surface area contributed by atoms with Gasteiger partial charge in [0.2, 0.25) is 10.0 Å². The lowest BCUT2D eigenvalue weighted by Crippen LogP contribution is -2.35. The number of hydrogen-bond donors (Lipinski definition) is 2. The fourth-order valence-electron chi connectivity index (χ4n) is 3.23. The predicted molar refractivity (Wildman–Crippen MR) is 82.9 cm³/mol. The number of rotatable bonds is 4. The Kier molecular flexibility index (Phi) is 3.13. The summed E-state index contributed by atoms with van der Waals surface area (Å²) < 4.78 is 28.3. The second-order valence-electron chi connectivity index (χ2n) is 6.26. The summed E-state index contributed by atoms with van der Waals surface area (Å²) in [6.07, 6.45) is 9.31. The third-order valence-electron chi connectivity index (χ3n) is 4.66. The minimum Gasteiger partial charge on any atom is -0.347 e. The molecule has 116 valence electrons. The Morgan fingerprint density at radius 3 is 2.59 bits per heavy atom. The normalized spacial score (nSPS) is 19.6. The molecule has 22 heavy (non-hydrogen) atoms. The van der Waals surface area contributed by atoms with Crippen LogP contribution in [-0.4, -0.2) is 18.4 Å². The third kappa shape index (κ3) is 2.36. The van der Waals surface area contributed by atoms with Gasteiger partial charge >= 0.3 is 0 Å². The molecule has 1 aromatic heterocycles. The van der Waals surface area contributed by atoms with Gasteiger partial charge in [-0.3, -0.25) is 0 Å². The molecule has 2 N–H and O–H groups in total. The summed E-state index contributed by atoms with van der Waals surface area (Å²) in [7, 11) is -3.52. The number of aromatic amines is 1. The van der Waals surface area contributed by atoms with Gasteiger partial charge in [0.15, 0.2) is 0 Å². The van der Waals surface area contributed by atoms with Crippen molar-refractivity contribution in [2.24, 2.45) is 0 Å². The van der Waals surface area contributed by atoms with E-state index >= 15 is 0 Å². The number of nitrogens with zero attached hydrogens (tertiary/aromatic N) is 1. The van der Waals surface area contributed by atoms with Crippen LogP contribution in [0.5, 0.6) is 0 Å². The van der Waals surface area contributed by atoms with Gasteiger partial charge in [0.1, 0.15) is 5.82 Å². The largest absolute Gasteiger partial charge is 0.347 e. The Morgan fingerprint density at radius 2 is 1.91 bits per heavy atom. The zero-order chi connectivity index (χ0) is 15.2. The Balaban J connectivity index is 1.64. The molecule has 1 aromatic carbocycles. The van der Waals surface area contributed by atoms with Crippen LogP contribution in [0.4, 0.5) is 0 Å². The van der Waals surface area contributed by atoms with E-state index in [2.05, 4.69) is 14.7 Å². The molecule has 2 aromatic rings. The second kappa shape index (κ2) is 4.93. The summed E-state index contributed by atoms with van der Waals surface area (Å²) in [6.45, 7) is 0. The van der Waals surface area contributed by atoms with Crippen LogP contribution in [0, 0.1) is 0 Å². The maximum Gasteiger partial charge on any atom is 0.241 e. The molecule has 1 heterocycles. The maximum atomic E-state index is 12.7. The fraction of sp³-hybridized carbons (Fsp3) is 0.438. The summed E-state index contributed by atoms with van der Waals surface area (Å²) in [5, 5.41) is 0. The van der Waals surface area contributed by atoms with E-state index in [0.717, 1.165) is 32.1 Å². The van der Waals surface area contributed by atoms with Crippen LogP contribution in [0.15, 0.2) is 35.5 Å². The van der Waals surface area contributed by atoms with Crippen LogP contribution < -0.4 is 4.72 Å². The van der Waals surface area contributed by atoms with Crippen LogP contribution >= 0.6 is 0 Å². The predicted octanol–water partition coefficient (Wildman–Crippen LogP) is 2.26. The Bertz CT molecular complexity index is 793. The van der Waals surface area contributed by atoms with Crippen LogP contribution in [-0.2, 0) is 28.4 Å². The van der Waals surface area contributed by atoms with Crippen molar-refractivity contribution in [1.82, 2.24) is 14.7 Å². The average Bonchev–Trinajstić information content (AvgIpc) is 3.07. The van der Waals surface area contributed by atoms with Crippen LogP contribution in [0.1, 0.15) is 42.6 Å². The van der Waals surface area contributed by atoms with Crippen molar-refractivity contribution in [3.8, 4) is 0 Å². The zero-order valence-corrected chi connectivity index (χ0v) is 13.1. The summed E-state index contributed by atoms with van der Waals surface area (Å²) in [6, 6.07) is 5.54. The number of benzene rings is 1. The molecule has 4 rings (SSSR count). The SMILES string of the molecule is O=S(=O)(NC1(c2ncc[nH]2)CC1)c1ccc2c(c1)CCCC2. The lowest BCUT2D eigenvalue weighted by Gasteiger charge is -2.19. The monoisotopic (exact) mass is 317 g/mol. The molecule has 0 saturated heterocycles. The van der Waals surface area contributed by atoms with E-state index in [1.807, 2.05) is 12.1 Å². The van der Waals surface area contributed by atoms with Crippen molar-refractivity contribution >= 4 is 10.0 Å². The van der Waals surface area contributed by atoms with Crippen molar-refractivity contribution in [2.75, 3.05) is 0 Å². The highest BCUT2D eigenvalue weighted by atomic mass is 32.2. The van der Waals surface area contributed by atoms with Gasteiger partial charge < -0.3 is 4.98 Å². The number of hydrogen-bond acceptors (Lipinski definition) is 3. The molecule has 0 bridgehead atoms. The fourth-order valence-corrected chi connectivity index (χ4v) is 4.71.